The van der Waals surface area contributed by atoms with Gasteiger partial charge in [-0.25, -0.2) is 13.8 Å². The Hall–Kier alpha value is -3.43. The number of H-pyrrole nitrogens is 1. The normalized spacial score (nSPS) is 11.8. The summed E-state index contributed by atoms with van der Waals surface area (Å²) in [4.78, 5) is 15.9. The van der Waals surface area contributed by atoms with Crippen molar-refractivity contribution >= 4 is 50.1 Å². The quantitative estimate of drug-likeness (QED) is 0.312. The first kappa shape index (κ1) is 19.9. The van der Waals surface area contributed by atoms with Crippen LogP contribution in [0.5, 0.6) is 0 Å². The molecule has 0 saturated heterocycles. The van der Waals surface area contributed by atoms with Crippen molar-refractivity contribution in [2.45, 2.75) is 11.1 Å². The molecule has 0 unspecified atom stereocenters. The standard InChI is InChI=1S/C21H18N4O3S2/c1-14-17(15-7-2-4-9-18(15)23-14)13-22-24-21(26)16-8-3-5-10-19(16)25-30(27,28)20-11-6-12-29-20/h2-13,23,25H,1H3,(H,24,26). The minimum absolute atomic E-state index is 0.172. The van der Waals surface area contributed by atoms with Gasteiger partial charge in [0, 0.05) is 22.2 Å². The zero-order valence-corrected chi connectivity index (χ0v) is 17.5. The van der Waals surface area contributed by atoms with Gasteiger partial charge in [-0.2, -0.15) is 5.10 Å². The number of sulfonamides is 1. The Kier molecular flexibility index (Phi) is 5.39. The van der Waals surface area contributed by atoms with Crippen LogP contribution in [0.4, 0.5) is 5.69 Å². The summed E-state index contributed by atoms with van der Waals surface area (Å²) in [6.07, 6.45) is 1.57. The van der Waals surface area contributed by atoms with E-state index in [1.165, 1.54) is 18.2 Å². The number of nitrogens with zero attached hydrogens (tertiary/aromatic N) is 1. The molecule has 0 atom stereocenters. The number of carbonyl (C=O) groups is 1. The minimum Gasteiger partial charge on any atom is -0.358 e. The second kappa shape index (κ2) is 8.13. The lowest BCUT2D eigenvalue weighted by Gasteiger charge is -2.10. The first-order valence-corrected chi connectivity index (χ1v) is 11.4. The third-order valence-corrected chi connectivity index (χ3v) is 7.24. The number of aromatic amines is 1. The lowest BCUT2D eigenvalue weighted by molar-refractivity contribution is 0.0956. The summed E-state index contributed by atoms with van der Waals surface area (Å²) in [6, 6.07) is 17.3. The molecule has 1 amide bonds. The highest BCUT2D eigenvalue weighted by molar-refractivity contribution is 7.94. The molecule has 0 aliphatic carbocycles. The van der Waals surface area contributed by atoms with Gasteiger partial charge in [-0.3, -0.25) is 9.52 Å². The molecule has 0 saturated carbocycles. The number of aromatic nitrogens is 1. The zero-order valence-electron chi connectivity index (χ0n) is 15.9. The molecule has 0 fully saturated rings. The van der Waals surface area contributed by atoms with Crippen LogP contribution in [0.25, 0.3) is 10.9 Å². The van der Waals surface area contributed by atoms with E-state index in [9.17, 15) is 13.2 Å². The number of para-hydroxylation sites is 2. The van der Waals surface area contributed by atoms with E-state index in [0.717, 1.165) is 33.5 Å². The molecule has 0 radical (unpaired) electrons. The van der Waals surface area contributed by atoms with E-state index in [0.29, 0.717) is 0 Å². The molecule has 0 aliphatic rings. The summed E-state index contributed by atoms with van der Waals surface area (Å²) in [5.74, 6) is -0.520. The van der Waals surface area contributed by atoms with Gasteiger partial charge in [-0.1, -0.05) is 36.4 Å². The molecule has 4 rings (SSSR count). The van der Waals surface area contributed by atoms with Gasteiger partial charge in [0.05, 0.1) is 17.5 Å². The third-order valence-electron chi connectivity index (χ3n) is 4.48. The van der Waals surface area contributed by atoms with E-state index in [2.05, 4.69) is 20.2 Å². The highest BCUT2D eigenvalue weighted by Gasteiger charge is 2.19. The van der Waals surface area contributed by atoms with Gasteiger partial charge < -0.3 is 4.98 Å². The Labute approximate surface area is 177 Å². The predicted molar refractivity (Wildman–Crippen MR) is 120 cm³/mol. The van der Waals surface area contributed by atoms with Gasteiger partial charge in [0.25, 0.3) is 15.9 Å². The maximum absolute atomic E-state index is 12.6. The fraction of sp³-hybridized carbons (Fsp3) is 0.0476. The summed E-state index contributed by atoms with van der Waals surface area (Å²) < 4.78 is 27.7. The van der Waals surface area contributed by atoms with Crippen LogP contribution in [0.3, 0.4) is 0 Å². The number of amides is 1. The highest BCUT2D eigenvalue weighted by atomic mass is 32.2. The van der Waals surface area contributed by atoms with Crippen molar-refractivity contribution in [2.24, 2.45) is 5.10 Å². The third kappa shape index (κ3) is 3.98. The minimum atomic E-state index is -3.77. The van der Waals surface area contributed by atoms with Gasteiger partial charge in [0.2, 0.25) is 0 Å². The van der Waals surface area contributed by atoms with E-state index >= 15 is 0 Å². The number of hydrazone groups is 1. The fourth-order valence-electron chi connectivity index (χ4n) is 3.06. The number of rotatable bonds is 6. The summed E-state index contributed by atoms with van der Waals surface area (Å²) in [6.45, 7) is 1.93. The smallest absolute Gasteiger partial charge is 0.273 e. The van der Waals surface area contributed by atoms with Crippen LogP contribution in [0.15, 0.2) is 75.4 Å². The first-order chi connectivity index (χ1) is 14.5. The van der Waals surface area contributed by atoms with Gasteiger partial charge in [-0.05, 0) is 36.6 Å². The van der Waals surface area contributed by atoms with Crippen LogP contribution in [-0.4, -0.2) is 25.5 Å². The first-order valence-electron chi connectivity index (χ1n) is 9.02. The van der Waals surface area contributed by atoms with Crippen molar-refractivity contribution in [3.63, 3.8) is 0 Å². The summed E-state index contributed by atoms with van der Waals surface area (Å²) in [7, 11) is -3.77. The van der Waals surface area contributed by atoms with Crippen LogP contribution >= 0.6 is 11.3 Å². The predicted octanol–water partition coefficient (Wildman–Crippen LogP) is 4.10. The number of benzene rings is 2. The van der Waals surface area contributed by atoms with Crippen LogP contribution in [0.2, 0.25) is 0 Å². The van der Waals surface area contributed by atoms with E-state index in [1.54, 1.807) is 29.8 Å². The average molecular weight is 439 g/mol. The molecule has 30 heavy (non-hydrogen) atoms. The molecule has 2 aromatic carbocycles. The van der Waals surface area contributed by atoms with Crippen molar-refractivity contribution in [1.29, 1.82) is 0 Å². The topological polar surface area (TPSA) is 103 Å². The van der Waals surface area contributed by atoms with Crippen molar-refractivity contribution in [3.05, 3.63) is 82.9 Å². The molecule has 4 aromatic rings. The van der Waals surface area contributed by atoms with Gasteiger partial charge in [0.15, 0.2) is 0 Å². The molecule has 3 N–H and O–H groups in total. The van der Waals surface area contributed by atoms with Crippen LogP contribution in [-0.2, 0) is 10.0 Å². The summed E-state index contributed by atoms with van der Waals surface area (Å²) in [5.41, 5.74) is 5.61. The molecule has 152 valence electrons. The second-order valence-electron chi connectivity index (χ2n) is 6.49. The van der Waals surface area contributed by atoms with E-state index < -0.39 is 15.9 Å². The lowest BCUT2D eigenvalue weighted by atomic mass is 10.1. The number of aryl methyl sites for hydroxylation is 1. The molecule has 0 spiro atoms. The van der Waals surface area contributed by atoms with Crippen LogP contribution in [0, 0.1) is 6.92 Å². The second-order valence-corrected chi connectivity index (χ2v) is 9.35. The molecule has 0 bridgehead atoms. The Morgan fingerprint density at radius 1 is 1.07 bits per heavy atom. The molecule has 9 heteroatoms. The van der Waals surface area contributed by atoms with Gasteiger partial charge in [-0.15, -0.1) is 11.3 Å². The number of fused-ring (bicyclic) bond motifs is 1. The Balaban J connectivity index is 1.54. The number of nitrogens with one attached hydrogen (secondary N) is 3. The summed E-state index contributed by atoms with van der Waals surface area (Å²) >= 11 is 1.10. The number of carbonyl (C=O) groups excluding carboxylic acids is 1. The monoisotopic (exact) mass is 438 g/mol. The number of thiophene rings is 1. The lowest BCUT2D eigenvalue weighted by Crippen LogP contribution is -2.21. The maximum Gasteiger partial charge on any atom is 0.273 e. The van der Waals surface area contributed by atoms with Crippen LogP contribution in [0.1, 0.15) is 21.6 Å². The number of hydrogen-bond donors (Lipinski definition) is 3. The van der Waals surface area contributed by atoms with Crippen molar-refractivity contribution in [1.82, 2.24) is 10.4 Å². The molecule has 0 aliphatic heterocycles. The molecule has 2 aromatic heterocycles. The molecule has 2 heterocycles. The SMILES string of the molecule is Cc1[nH]c2ccccc2c1C=NNC(=O)c1ccccc1NS(=O)(=O)c1cccs1. The van der Waals surface area contributed by atoms with Gasteiger partial charge >= 0.3 is 0 Å². The summed E-state index contributed by atoms with van der Waals surface area (Å²) in [5, 5.41) is 6.74. The average Bonchev–Trinajstić information content (AvgIpc) is 3.37. The van der Waals surface area contributed by atoms with E-state index in [1.807, 2.05) is 31.2 Å². The van der Waals surface area contributed by atoms with E-state index in [4.69, 9.17) is 0 Å². The molecular formula is C21H18N4O3S2. The highest BCUT2D eigenvalue weighted by Crippen LogP contribution is 2.23. The Bertz CT molecular complexity index is 1340. The largest absolute Gasteiger partial charge is 0.358 e. The number of anilines is 1. The van der Waals surface area contributed by atoms with Crippen molar-refractivity contribution in [2.75, 3.05) is 4.72 Å². The van der Waals surface area contributed by atoms with Crippen molar-refractivity contribution in [3.8, 4) is 0 Å². The fourth-order valence-corrected chi connectivity index (χ4v) is 5.13. The van der Waals surface area contributed by atoms with E-state index in [-0.39, 0.29) is 15.5 Å². The molecular weight excluding hydrogens is 420 g/mol. The van der Waals surface area contributed by atoms with Crippen molar-refractivity contribution < 1.29 is 13.2 Å². The molecule has 7 nitrogen and oxygen atoms in total. The Morgan fingerprint density at radius 3 is 2.63 bits per heavy atom. The number of hydrogen-bond acceptors (Lipinski definition) is 5. The maximum atomic E-state index is 12.6. The van der Waals surface area contributed by atoms with Crippen LogP contribution < -0.4 is 10.1 Å². The zero-order chi connectivity index (χ0) is 21.1. The van der Waals surface area contributed by atoms with Gasteiger partial charge in [0.1, 0.15) is 4.21 Å². The Morgan fingerprint density at radius 2 is 1.83 bits per heavy atom.